The van der Waals surface area contributed by atoms with E-state index in [0.29, 0.717) is 22.0 Å². The summed E-state index contributed by atoms with van der Waals surface area (Å²) in [5.74, 6) is 0.676. The molecule has 0 radical (unpaired) electrons. The van der Waals surface area contributed by atoms with Crippen LogP contribution in [0.15, 0.2) is 18.2 Å². The van der Waals surface area contributed by atoms with Crippen molar-refractivity contribution in [2.75, 3.05) is 26.7 Å². The molecule has 25 heavy (non-hydrogen) atoms. The van der Waals surface area contributed by atoms with Crippen molar-refractivity contribution in [3.05, 3.63) is 33.8 Å². The van der Waals surface area contributed by atoms with Gasteiger partial charge < -0.3 is 15.1 Å². The molecule has 1 aliphatic carbocycles. The van der Waals surface area contributed by atoms with Crippen LogP contribution in [0, 0.1) is 5.92 Å². The predicted molar refractivity (Wildman–Crippen MR) is 103 cm³/mol. The van der Waals surface area contributed by atoms with Gasteiger partial charge in [-0.05, 0) is 70.3 Å². The molecule has 0 spiro atoms. The topological polar surface area (TPSA) is 35.6 Å². The molecule has 2 aliphatic rings. The Kier molecular flexibility index (Phi) is 6.13. The van der Waals surface area contributed by atoms with Crippen LogP contribution in [-0.2, 0) is 0 Å². The largest absolute Gasteiger partial charge is 0.331 e. The molecule has 4 nitrogen and oxygen atoms in total. The zero-order chi connectivity index (χ0) is 18.0. The first-order valence-electron chi connectivity index (χ1n) is 9.15. The van der Waals surface area contributed by atoms with E-state index in [9.17, 15) is 4.79 Å². The normalized spacial score (nSPS) is 20.3. The van der Waals surface area contributed by atoms with Gasteiger partial charge in [-0.1, -0.05) is 35.3 Å². The maximum atomic E-state index is 13.0. The summed E-state index contributed by atoms with van der Waals surface area (Å²) >= 11 is 12.4. The Morgan fingerprint density at radius 2 is 1.96 bits per heavy atom. The van der Waals surface area contributed by atoms with Crippen molar-refractivity contribution in [3.63, 3.8) is 0 Å². The Balaban J connectivity index is 1.68. The van der Waals surface area contributed by atoms with Crippen molar-refractivity contribution in [2.45, 2.75) is 44.7 Å². The van der Waals surface area contributed by atoms with Crippen LogP contribution in [0.3, 0.4) is 0 Å². The zero-order valence-electron chi connectivity index (χ0n) is 15.0. The molecule has 1 aromatic rings. The second-order valence-electron chi connectivity index (χ2n) is 7.44. The first kappa shape index (κ1) is 18.8. The highest BCUT2D eigenvalue weighted by atomic mass is 35.5. The summed E-state index contributed by atoms with van der Waals surface area (Å²) in [4.78, 5) is 17.4. The number of carbonyl (C=O) groups excluding carboxylic acids is 1. The maximum Gasteiger partial charge on any atom is 0.318 e. The molecule has 1 saturated heterocycles. The monoisotopic (exact) mass is 383 g/mol. The van der Waals surface area contributed by atoms with Crippen molar-refractivity contribution < 1.29 is 4.79 Å². The molecular formula is C19H27Cl2N3O. The van der Waals surface area contributed by atoms with Crippen molar-refractivity contribution >= 4 is 29.2 Å². The third-order valence-corrected chi connectivity index (χ3v) is 6.16. The van der Waals surface area contributed by atoms with E-state index >= 15 is 0 Å². The molecule has 1 saturated carbocycles. The van der Waals surface area contributed by atoms with Gasteiger partial charge in [-0.25, -0.2) is 4.79 Å². The molecular weight excluding hydrogens is 357 g/mol. The quantitative estimate of drug-likeness (QED) is 0.807. The number of amides is 2. The van der Waals surface area contributed by atoms with Gasteiger partial charge in [0.25, 0.3) is 0 Å². The molecule has 0 bridgehead atoms. The number of rotatable bonds is 5. The lowest BCUT2D eigenvalue weighted by Gasteiger charge is -2.38. The number of piperidine rings is 1. The molecule has 2 fully saturated rings. The van der Waals surface area contributed by atoms with Crippen molar-refractivity contribution in [1.29, 1.82) is 0 Å². The zero-order valence-corrected chi connectivity index (χ0v) is 16.5. The fraction of sp³-hybridized carbons (Fsp3) is 0.632. The minimum atomic E-state index is -0.174. The summed E-state index contributed by atoms with van der Waals surface area (Å²) in [5.41, 5.74) is 0.859. The lowest BCUT2D eigenvalue weighted by molar-refractivity contribution is 0.126. The molecule has 1 aromatic carbocycles. The molecule has 0 aromatic heterocycles. The summed E-state index contributed by atoms with van der Waals surface area (Å²) in [6.45, 7) is 4.93. The van der Waals surface area contributed by atoms with Crippen LogP contribution in [-0.4, -0.2) is 48.6 Å². The van der Waals surface area contributed by atoms with Gasteiger partial charge in [-0.2, -0.15) is 0 Å². The number of hydrogen-bond acceptors (Lipinski definition) is 2. The van der Waals surface area contributed by atoms with Gasteiger partial charge in [-0.15, -0.1) is 0 Å². The number of benzene rings is 1. The number of nitrogens with one attached hydrogen (secondary N) is 1. The van der Waals surface area contributed by atoms with Crippen molar-refractivity contribution in [2.24, 2.45) is 5.92 Å². The van der Waals surface area contributed by atoms with Crippen LogP contribution in [0.5, 0.6) is 0 Å². The van der Waals surface area contributed by atoms with Gasteiger partial charge in [0.05, 0.1) is 16.1 Å². The van der Waals surface area contributed by atoms with E-state index in [1.165, 1.54) is 12.8 Å². The molecule has 1 heterocycles. The van der Waals surface area contributed by atoms with E-state index < -0.39 is 0 Å². The summed E-state index contributed by atoms with van der Waals surface area (Å²) < 4.78 is 0. The summed E-state index contributed by atoms with van der Waals surface area (Å²) in [7, 11) is 2.14. The van der Waals surface area contributed by atoms with E-state index in [0.717, 1.165) is 38.0 Å². The van der Waals surface area contributed by atoms with Crippen LogP contribution in [0.2, 0.25) is 10.0 Å². The standard InChI is InChI=1S/C19H27Cl2N3O/c1-13(16-4-3-5-17(20)18(16)21)22-19(25)24(12-14-6-7-14)15-8-10-23(2)11-9-15/h3-5,13-15H,6-12H2,1-2H3,(H,22,25). The average Bonchev–Trinajstić information content (AvgIpc) is 3.40. The van der Waals surface area contributed by atoms with E-state index in [1.54, 1.807) is 6.07 Å². The Morgan fingerprint density at radius 1 is 1.28 bits per heavy atom. The van der Waals surface area contributed by atoms with Crippen molar-refractivity contribution in [1.82, 2.24) is 15.1 Å². The minimum absolute atomic E-state index is 0.0185. The van der Waals surface area contributed by atoms with E-state index in [4.69, 9.17) is 23.2 Å². The Bertz CT molecular complexity index is 613. The third-order valence-electron chi connectivity index (χ3n) is 5.33. The van der Waals surface area contributed by atoms with E-state index in [1.807, 2.05) is 19.1 Å². The Hall–Kier alpha value is -0.970. The highest BCUT2D eigenvalue weighted by Crippen LogP contribution is 2.33. The van der Waals surface area contributed by atoms with E-state index in [2.05, 4.69) is 22.2 Å². The molecule has 1 unspecified atom stereocenters. The lowest BCUT2D eigenvalue weighted by Crippen LogP contribution is -2.51. The Labute approximate surface area is 160 Å². The van der Waals surface area contributed by atoms with E-state index in [-0.39, 0.29) is 12.1 Å². The van der Waals surface area contributed by atoms with Crippen LogP contribution >= 0.6 is 23.2 Å². The van der Waals surface area contributed by atoms with Gasteiger partial charge in [-0.3, -0.25) is 0 Å². The van der Waals surface area contributed by atoms with Crippen LogP contribution in [0.4, 0.5) is 4.79 Å². The Morgan fingerprint density at radius 3 is 2.60 bits per heavy atom. The van der Waals surface area contributed by atoms with Gasteiger partial charge in [0.15, 0.2) is 0 Å². The number of halogens is 2. The number of urea groups is 1. The van der Waals surface area contributed by atoms with Crippen LogP contribution < -0.4 is 5.32 Å². The van der Waals surface area contributed by atoms with Gasteiger partial charge in [0.1, 0.15) is 0 Å². The first-order valence-corrected chi connectivity index (χ1v) is 9.91. The second-order valence-corrected chi connectivity index (χ2v) is 8.23. The molecule has 6 heteroatoms. The molecule has 1 atom stereocenters. The van der Waals surface area contributed by atoms with Crippen LogP contribution in [0.25, 0.3) is 0 Å². The fourth-order valence-electron chi connectivity index (χ4n) is 3.48. The average molecular weight is 384 g/mol. The fourth-order valence-corrected chi connectivity index (χ4v) is 3.96. The predicted octanol–water partition coefficient (Wildman–Crippen LogP) is 4.57. The molecule has 1 aliphatic heterocycles. The number of likely N-dealkylation sites (tertiary alicyclic amines) is 1. The number of hydrogen-bond donors (Lipinski definition) is 1. The summed E-state index contributed by atoms with van der Waals surface area (Å²) in [6, 6.07) is 5.72. The molecule has 3 rings (SSSR count). The van der Waals surface area contributed by atoms with Gasteiger partial charge in [0.2, 0.25) is 0 Å². The minimum Gasteiger partial charge on any atom is -0.331 e. The maximum absolute atomic E-state index is 13.0. The summed E-state index contributed by atoms with van der Waals surface area (Å²) in [6.07, 6.45) is 4.57. The lowest BCUT2D eigenvalue weighted by atomic mass is 10.0. The van der Waals surface area contributed by atoms with Gasteiger partial charge >= 0.3 is 6.03 Å². The van der Waals surface area contributed by atoms with Gasteiger partial charge in [0, 0.05) is 12.6 Å². The second kappa shape index (κ2) is 8.15. The molecule has 2 amide bonds. The van der Waals surface area contributed by atoms with Crippen LogP contribution in [0.1, 0.15) is 44.2 Å². The summed E-state index contributed by atoms with van der Waals surface area (Å²) in [5, 5.41) is 4.17. The highest BCUT2D eigenvalue weighted by molar-refractivity contribution is 6.42. The SMILES string of the molecule is CC(NC(=O)N(CC1CC1)C1CCN(C)CC1)c1cccc(Cl)c1Cl. The smallest absolute Gasteiger partial charge is 0.318 e. The molecule has 1 N–H and O–H groups in total. The third kappa shape index (κ3) is 4.81. The number of carbonyl (C=O) groups is 1. The molecule has 138 valence electrons. The highest BCUT2D eigenvalue weighted by Gasteiger charge is 2.33. The van der Waals surface area contributed by atoms with Crippen molar-refractivity contribution in [3.8, 4) is 0 Å². The number of nitrogens with zero attached hydrogens (tertiary/aromatic N) is 2. The first-order chi connectivity index (χ1) is 12.0.